The van der Waals surface area contributed by atoms with E-state index in [2.05, 4.69) is 62.6 Å². The third-order valence-electron chi connectivity index (χ3n) is 5.05. The normalized spacial score (nSPS) is 19.7. The zero-order chi connectivity index (χ0) is 18.5. The van der Waals surface area contributed by atoms with Gasteiger partial charge in [0.15, 0.2) is 0 Å². The second-order valence-corrected chi connectivity index (χ2v) is 6.72. The quantitative estimate of drug-likeness (QED) is 0.699. The Bertz CT molecular complexity index is 852. The SMILES string of the molecule is COc1ccc(-n2cnnn2)cc1CN[C@H]1CCCN[C@@H]1c1ccccc1. The molecule has 0 amide bonds. The van der Waals surface area contributed by atoms with Gasteiger partial charge in [0.1, 0.15) is 12.1 Å². The molecule has 0 unspecified atom stereocenters. The van der Waals surface area contributed by atoms with Crippen LogP contribution in [0.1, 0.15) is 30.0 Å². The third kappa shape index (κ3) is 3.99. The Kier molecular flexibility index (Phi) is 5.41. The van der Waals surface area contributed by atoms with Gasteiger partial charge in [-0.05, 0) is 53.6 Å². The van der Waals surface area contributed by atoms with Gasteiger partial charge in [-0.2, -0.15) is 0 Å². The molecule has 1 aromatic heterocycles. The van der Waals surface area contributed by atoms with Gasteiger partial charge >= 0.3 is 0 Å². The number of hydrogen-bond donors (Lipinski definition) is 2. The summed E-state index contributed by atoms with van der Waals surface area (Å²) in [5.41, 5.74) is 3.32. The minimum absolute atomic E-state index is 0.314. The largest absolute Gasteiger partial charge is 0.496 e. The van der Waals surface area contributed by atoms with Crippen LogP contribution in [-0.2, 0) is 6.54 Å². The predicted octanol–water partition coefficient (Wildman–Crippen LogP) is 2.25. The van der Waals surface area contributed by atoms with Gasteiger partial charge in [-0.1, -0.05) is 30.3 Å². The third-order valence-corrected chi connectivity index (χ3v) is 5.05. The summed E-state index contributed by atoms with van der Waals surface area (Å²) in [6.07, 6.45) is 3.90. The van der Waals surface area contributed by atoms with E-state index in [1.165, 1.54) is 12.0 Å². The average molecular weight is 364 g/mol. The first-order valence-electron chi connectivity index (χ1n) is 9.27. The molecule has 2 atom stereocenters. The van der Waals surface area contributed by atoms with Crippen LogP contribution in [0.3, 0.4) is 0 Å². The lowest BCUT2D eigenvalue weighted by atomic mass is 9.92. The molecule has 1 fully saturated rings. The Morgan fingerprint density at radius 3 is 2.89 bits per heavy atom. The summed E-state index contributed by atoms with van der Waals surface area (Å²) < 4.78 is 7.20. The minimum atomic E-state index is 0.314. The summed E-state index contributed by atoms with van der Waals surface area (Å²) in [5, 5.41) is 18.8. The van der Waals surface area contributed by atoms with Crippen molar-refractivity contribution in [3.63, 3.8) is 0 Å². The van der Waals surface area contributed by atoms with Crippen LogP contribution in [0.15, 0.2) is 54.9 Å². The van der Waals surface area contributed by atoms with Crippen molar-refractivity contribution in [2.45, 2.75) is 31.5 Å². The van der Waals surface area contributed by atoms with E-state index in [-0.39, 0.29) is 0 Å². The molecule has 1 aliphatic rings. The number of methoxy groups -OCH3 is 1. The number of piperidine rings is 1. The van der Waals surface area contributed by atoms with Gasteiger partial charge in [0.25, 0.3) is 0 Å². The standard InChI is InChI=1S/C20H24N6O/c1-27-19-10-9-17(26-14-23-24-25-26)12-16(19)13-22-18-8-5-11-21-20(18)15-6-3-2-4-7-15/h2-4,6-7,9-10,12,14,18,20-22H,5,8,11,13H2,1H3/t18-,20+/m0/s1. The van der Waals surface area contributed by atoms with Crippen molar-refractivity contribution in [1.29, 1.82) is 0 Å². The van der Waals surface area contributed by atoms with Gasteiger partial charge in [-0.25, -0.2) is 4.68 Å². The highest BCUT2D eigenvalue weighted by Gasteiger charge is 2.25. The zero-order valence-electron chi connectivity index (χ0n) is 15.4. The molecule has 0 radical (unpaired) electrons. The molecule has 0 bridgehead atoms. The van der Waals surface area contributed by atoms with E-state index in [1.54, 1.807) is 18.1 Å². The molecule has 1 saturated heterocycles. The van der Waals surface area contributed by atoms with Gasteiger partial charge in [0.2, 0.25) is 0 Å². The fourth-order valence-electron chi connectivity index (χ4n) is 3.69. The molecule has 2 aromatic carbocycles. The molecule has 0 spiro atoms. The summed E-state index contributed by atoms with van der Waals surface area (Å²) >= 11 is 0. The van der Waals surface area contributed by atoms with Crippen molar-refractivity contribution >= 4 is 0 Å². The lowest BCUT2D eigenvalue weighted by Crippen LogP contribution is -2.45. The maximum Gasteiger partial charge on any atom is 0.143 e. The van der Waals surface area contributed by atoms with Crippen molar-refractivity contribution in [1.82, 2.24) is 30.8 Å². The van der Waals surface area contributed by atoms with Crippen molar-refractivity contribution in [2.24, 2.45) is 0 Å². The fourth-order valence-corrected chi connectivity index (χ4v) is 3.69. The van der Waals surface area contributed by atoms with E-state index in [1.807, 2.05) is 12.1 Å². The van der Waals surface area contributed by atoms with Crippen molar-refractivity contribution in [2.75, 3.05) is 13.7 Å². The van der Waals surface area contributed by atoms with Crippen LogP contribution >= 0.6 is 0 Å². The molecule has 1 aliphatic heterocycles. The summed E-state index contributed by atoms with van der Waals surface area (Å²) in [5.74, 6) is 0.861. The monoisotopic (exact) mass is 364 g/mol. The number of nitrogens with one attached hydrogen (secondary N) is 2. The first-order chi connectivity index (χ1) is 13.3. The number of rotatable bonds is 6. The average Bonchev–Trinajstić information content (AvgIpc) is 3.28. The van der Waals surface area contributed by atoms with Crippen molar-refractivity contribution in [3.8, 4) is 11.4 Å². The van der Waals surface area contributed by atoms with E-state index < -0.39 is 0 Å². The molecule has 140 valence electrons. The van der Waals surface area contributed by atoms with Crippen LogP contribution in [0.25, 0.3) is 5.69 Å². The van der Waals surface area contributed by atoms with Gasteiger partial charge < -0.3 is 15.4 Å². The Morgan fingerprint density at radius 2 is 2.11 bits per heavy atom. The number of nitrogens with zero attached hydrogens (tertiary/aromatic N) is 4. The Labute approximate surface area is 158 Å². The number of hydrogen-bond acceptors (Lipinski definition) is 6. The van der Waals surface area contributed by atoms with Crippen LogP contribution in [0.5, 0.6) is 5.75 Å². The summed E-state index contributed by atoms with van der Waals surface area (Å²) in [6.45, 7) is 1.77. The lowest BCUT2D eigenvalue weighted by Gasteiger charge is -2.34. The molecule has 27 heavy (non-hydrogen) atoms. The molecule has 0 aliphatic carbocycles. The van der Waals surface area contributed by atoms with Crippen molar-refractivity contribution < 1.29 is 4.74 Å². The molecule has 3 aromatic rings. The molecule has 7 nitrogen and oxygen atoms in total. The molecule has 7 heteroatoms. The van der Waals surface area contributed by atoms with Gasteiger partial charge in [0.05, 0.1) is 12.8 Å². The van der Waals surface area contributed by atoms with E-state index in [0.717, 1.165) is 36.5 Å². The molecule has 4 rings (SSSR count). The topological polar surface area (TPSA) is 76.9 Å². The highest BCUT2D eigenvalue weighted by Crippen LogP contribution is 2.26. The van der Waals surface area contributed by atoms with Gasteiger partial charge in [-0.3, -0.25) is 0 Å². The minimum Gasteiger partial charge on any atom is -0.496 e. The van der Waals surface area contributed by atoms with Crippen LogP contribution < -0.4 is 15.4 Å². The van der Waals surface area contributed by atoms with Crippen molar-refractivity contribution in [3.05, 3.63) is 66.0 Å². The fraction of sp³-hybridized carbons (Fsp3) is 0.350. The lowest BCUT2D eigenvalue weighted by molar-refractivity contribution is 0.303. The highest BCUT2D eigenvalue weighted by atomic mass is 16.5. The van der Waals surface area contributed by atoms with Crippen LogP contribution in [0, 0.1) is 0 Å². The van der Waals surface area contributed by atoms with E-state index >= 15 is 0 Å². The molecular formula is C20H24N6O. The smallest absolute Gasteiger partial charge is 0.143 e. The number of tetrazole rings is 1. The number of ether oxygens (including phenoxy) is 1. The van der Waals surface area contributed by atoms with Crippen LogP contribution in [0.2, 0.25) is 0 Å². The summed E-state index contributed by atoms with van der Waals surface area (Å²) in [7, 11) is 1.70. The number of aromatic nitrogens is 4. The first-order valence-corrected chi connectivity index (χ1v) is 9.27. The molecular weight excluding hydrogens is 340 g/mol. The van der Waals surface area contributed by atoms with E-state index in [4.69, 9.17) is 4.74 Å². The predicted molar refractivity (Wildman–Crippen MR) is 103 cm³/mol. The Morgan fingerprint density at radius 1 is 1.22 bits per heavy atom. The van der Waals surface area contributed by atoms with Crippen LogP contribution in [-0.4, -0.2) is 39.9 Å². The maximum atomic E-state index is 5.55. The molecule has 0 saturated carbocycles. The Balaban J connectivity index is 1.52. The second kappa shape index (κ2) is 8.28. The summed E-state index contributed by atoms with van der Waals surface area (Å²) in [6, 6.07) is 17.3. The van der Waals surface area contributed by atoms with E-state index in [9.17, 15) is 0 Å². The second-order valence-electron chi connectivity index (χ2n) is 6.72. The maximum absolute atomic E-state index is 5.55. The zero-order valence-corrected chi connectivity index (χ0v) is 15.4. The van der Waals surface area contributed by atoms with E-state index in [0.29, 0.717) is 12.1 Å². The van der Waals surface area contributed by atoms with Gasteiger partial charge in [-0.15, -0.1) is 5.10 Å². The number of benzene rings is 2. The first kappa shape index (κ1) is 17.6. The summed E-state index contributed by atoms with van der Waals surface area (Å²) in [4.78, 5) is 0. The highest BCUT2D eigenvalue weighted by molar-refractivity contribution is 5.43. The van der Waals surface area contributed by atoms with Gasteiger partial charge in [0, 0.05) is 24.2 Å². The molecule has 2 heterocycles. The molecule has 2 N–H and O–H groups in total. The van der Waals surface area contributed by atoms with Crippen LogP contribution in [0.4, 0.5) is 0 Å². The Hall–Kier alpha value is -2.77.